The van der Waals surface area contributed by atoms with Crippen LogP contribution in [0.5, 0.6) is 17.2 Å². The summed E-state index contributed by atoms with van der Waals surface area (Å²) < 4.78 is 20.8. The van der Waals surface area contributed by atoms with E-state index in [2.05, 4.69) is 67.9 Å². The number of aromatic nitrogens is 1. The van der Waals surface area contributed by atoms with E-state index in [1.54, 1.807) is 7.11 Å². The number of hydrogen-bond donors (Lipinski definition) is 2. The number of allylic oxidation sites excluding steroid dienone is 1. The summed E-state index contributed by atoms with van der Waals surface area (Å²) in [6.07, 6.45) is 14.6. The number of rotatable bonds is 18. The minimum Gasteiger partial charge on any atom is -0.460 e. The first-order valence-electron chi connectivity index (χ1n) is 18.8. The van der Waals surface area contributed by atoms with Crippen molar-refractivity contribution in [1.29, 1.82) is 0 Å². The summed E-state index contributed by atoms with van der Waals surface area (Å²) >= 11 is 1.86. The molecule has 278 valence electrons. The second-order valence-electron chi connectivity index (χ2n) is 14.3. The lowest BCUT2D eigenvalue weighted by atomic mass is 9.56. The van der Waals surface area contributed by atoms with Gasteiger partial charge in [0.25, 0.3) is 0 Å². The second kappa shape index (κ2) is 17.9. The molecule has 52 heavy (non-hydrogen) atoms. The molecule has 1 aromatic heterocycles. The standard InChI is InChI=1S/C43H54N2O6S/c1-5-23-49-43-40(52-24-18-31-16-19-44-20-17-31)28-38(45-48-4)36-26-32(10-6-8-21-46)35(11-7-9-22-47)41(42(36)43)37-27-34(14-15-39(37)51-43)50-33-13-12-29(2)30(3)25-33/h5,12-17,19-20,25-27,32,35,40-42,46-47H,1,6-11,18,21-24,28H2,2-4H3/t32-,35+,40-,41+,42+,43+/m0/s1. The fraction of sp³-hybridized carbons (Fsp3) is 0.488. The molecule has 2 aliphatic carbocycles. The summed E-state index contributed by atoms with van der Waals surface area (Å²) in [5, 5.41) is 24.2. The molecule has 1 saturated carbocycles. The van der Waals surface area contributed by atoms with Crippen molar-refractivity contribution in [2.24, 2.45) is 22.9 Å². The minimum absolute atomic E-state index is 0.0142. The quantitative estimate of drug-likeness (QED) is 0.0763. The van der Waals surface area contributed by atoms with E-state index in [-0.39, 0.29) is 42.1 Å². The Balaban J connectivity index is 1.49. The van der Waals surface area contributed by atoms with Gasteiger partial charge in [0.2, 0.25) is 5.79 Å². The lowest BCUT2D eigenvalue weighted by Crippen LogP contribution is -2.64. The molecule has 6 atom stereocenters. The van der Waals surface area contributed by atoms with Crippen LogP contribution < -0.4 is 9.47 Å². The third-order valence-corrected chi connectivity index (χ3v) is 12.3. The topological polar surface area (TPSA) is 103 Å². The first-order chi connectivity index (χ1) is 25.4. The predicted molar refractivity (Wildman–Crippen MR) is 208 cm³/mol. The van der Waals surface area contributed by atoms with Gasteiger partial charge in [-0.25, -0.2) is 0 Å². The van der Waals surface area contributed by atoms with Crippen molar-refractivity contribution in [3.63, 3.8) is 0 Å². The molecule has 0 amide bonds. The largest absolute Gasteiger partial charge is 0.460 e. The normalized spacial score (nSPS) is 25.4. The second-order valence-corrected chi connectivity index (χ2v) is 15.6. The number of pyridine rings is 1. The Labute approximate surface area is 313 Å². The summed E-state index contributed by atoms with van der Waals surface area (Å²) in [7, 11) is 1.62. The van der Waals surface area contributed by atoms with Crippen LogP contribution in [0.1, 0.15) is 73.1 Å². The number of thioether (sulfide) groups is 1. The van der Waals surface area contributed by atoms with Gasteiger partial charge in [-0.05, 0) is 128 Å². The molecular formula is C43H54N2O6S. The number of fused-ring (bicyclic) bond motifs is 2. The number of unbranched alkanes of at least 4 members (excludes halogenated alkanes) is 2. The number of aryl methyl sites for hydroxylation is 3. The SMILES string of the molecule is C=CCO[C@@]12Oc3ccc(Oc4ccc(C)c(C)c4)cc3[C@H]3[C@H](CCCCO)[C@@H](CCCCO)C=C(C(=NOC)C[C@@H]1SCCc1ccncc1)[C@H]32. The van der Waals surface area contributed by atoms with Crippen molar-refractivity contribution in [1.82, 2.24) is 4.98 Å². The van der Waals surface area contributed by atoms with Crippen LogP contribution in [0.25, 0.3) is 0 Å². The van der Waals surface area contributed by atoms with Gasteiger partial charge in [0.05, 0.1) is 23.5 Å². The summed E-state index contributed by atoms with van der Waals surface area (Å²) in [6.45, 7) is 8.92. The smallest absolute Gasteiger partial charge is 0.230 e. The number of oxime groups is 1. The van der Waals surface area contributed by atoms with E-state index < -0.39 is 5.79 Å². The fourth-order valence-electron chi connectivity index (χ4n) is 8.43. The number of aliphatic hydroxyl groups excluding tert-OH is 2. The van der Waals surface area contributed by atoms with Gasteiger partial charge in [0.15, 0.2) is 0 Å². The zero-order chi connectivity index (χ0) is 36.5. The van der Waals surface area contributed by atoms with Crippen molar-refractivity contribution >= 4 is 17.5 Å². The van der Waals surface area contributed by atoms with Crippen molar-refractivity contribution in [2.45, 2.75) is 82.2 Å². The Morgan fingerprint density at radius 2 is 1.73 bits per heavy atom. The van der Waals surface area contributed by atoms with Crippen LogP contribution in [0.3, 0.4) is 0 Å². The monoisotopic (exact) mass is 726 g/mol. The molecule has 3 aromatic rings. The van der Waals surface area contributed by atoms with Crippen molar-refractivity contribution in [2.75, 3.05) is 32.7 Å². The summed E-state index contributed by atoms with van der Waals surface area (Å²) in [6, 6.07) is 16.6. The van der Waals surface area contributed by atoms with E-state index in [4.69, 9.17) is 24.2 Å². The average molecular weight is 727 g/mol. The molecule has 1 fully saturated rings. The van der Waals surface area contributed by atoms with Crippen molar-refractivity contribution in [3.05, 3.63) is 107 Å². The Bertz CT molecular complexity index is 1710. The lowest BCUT2D eigenvalue weighted by molar-refractivity contribution is -0.223. The third kappa shape index (κ3) is 8.28. The van der Waals surface area contributed by atoms with Gasteiger partial charge in [-0.15, -0.1) is 6.58 Å². The van der Waals surface area contributed by atoms with Crippen LogP contribution in [-0.2, 0) is 16.0 Å². The molecule has 6 rings (SSSR count). The van der Waals surface area contributed by atoms with Gasteiger partial charge in [0, 0.05) is 43.5 Å². The summed E-state index contributed by atoms with van der Waals surface area (Å²) in [5.41, 5.74) is 6.81. The van der Waals surface area contributed by atoms with Crippen LogP contribution in [0, 0.1) is 31.6 Å². The number of hydrogen-bond acceptors (Lipinski definition) is 9. The molecule has 0 bridgehead atoms. The molecule has 2 heterocycles. The van der Waals surface area contributed by atoms with Crippen LogP contribution in [0.15, 0.2) is 90.4 Å². The maximum absolute atomic E-state index is 9.86. The number of aliphatic hydroxyl groups is 2. The highest BCUT2D eigenvalue weighted by atomic mass is 32.2. The minimum atomic E-state index is -0.991. The summed E-state index contributed by atoms with van der Waals surface area (Å²) in [5.74, 6) is 2.55. The highest BCUT2D eigenvalue weighted by Gasteiger charge is 2.63. The molecular weight excluding hydrogens is 673 g/mol. The van der Waals surface area contributed by atoms with E-state index in [1.807, 2.05) is 42.4 Å². The zero-order valence-electron chi connectivity index (χ0n) is 30.8. The van der Waals surface area contributed by atoms with Gasteiger partial charge in [-0.2, -0.15) is 11.8 Å². The molecule has 3 aliphatic rings. The maximum Gasteiger partial charge on any atom is 0.230 e. The van der Waals surface area contributed by atoms with E-state index in [0.29, 0.717) is 13.0 Å². The van der Waals surface area contributed by atoms with Crippen LogP contribution in [0.2, 0.25) is 0 Å². The molecule has 0 unspecified atom stereocenters. The molecule has 9 heteroatoms. The zero-order valence-corrected chi connectivity index (χ0v) is 31.7. The molecule has 0 spiro atoms. The van der Waals surface area contributed by atoms with Crippen molar-refractivity contribution in [3.8, 4) is 17.2 Å². The van der Waals surface area contributed by atoms with Gasteiger partial charge in [0.1, 0.15) is 24.4 Å². The fourth-order valence-corrected chi connectivity index (χ4v) is 9.84. The Hall–Kier alpha value is -3.63. The first kappa shape index (κ1) is 38.1. The van der Waals surface area contributed by atoms with E-state index >= 15 is 0 Å². The number of benzene rings is 2. The third-order valence-electron chi connectivity index (χ3n) is 11.0. The van der Waals surface area contributed by atoms with E-state index in [9.17, 15) is 10.2 Å². The van der Waals surface area contributed by atoms with Crippen LogP contribution in [0.4, 0.5) is 0 Å². The van der Waals surface area contributed by atoms with Gasteiger partial charge in [-0.3, -0.25) is 4.98 Å². The Morgan fingerprint density at radius 3 is 2.46 bits per heavy atom. The number of nitrogens with zero attached hydrogens (tertiary/aromatic N) is 2. The van der Waals surface area contributed by atoms with E-state index in [0.717, 1.165) is 84.8 Å². The average Bonchev–Trinajstić information content (AvgIpc) is 3.15. The lowest BCUT2D eigenvalue weighted by Gasteiger charge is -2.58. The molecule has 2 N–H and O–H groups in total. The molecule has 0 saturated heterocycles. The van der Waals surface area contributed by atoms with Crippen LogP contribution >= 0.6 is 11.8 Å². The summed E-state index contributed by atoms with van der Waals surface area (Å²) in [4.78, 5) is 9.75. The molecule has 8 nitrogen and oxygen atoms in total. The molecule has 1 aliphatic heterocycles. The molecule has 0 radical (unpaired) electrons. The van der Waals surface area contributed by atoms with E-state index in [1.165, 1.54) is 16.7 Å². The Kier molecular flexibility index (Phi) is 13.1. The number of ether oxygens (including phenoxy) is 3. The van der Waals surface area contributed by atoms with Crippen molar-refractivity contribution < 1.29 is 29.3 Å². The van der Waals surface area contributed by atoms with Gasteiger partial charge < -0.3 is 29.3 Å². The van der Waals surface area contributed by atoms with Crippen LogP contribution in [-0.4, -0.2) is 64.6 Å². The first-order valence-corrected chi connectivity index (χ1v) is 19.8. The Morgan fingerprint density at radius 1 is 0.981 bits per heavy atom. The van der Waals surface area contributed by atoms with Gasteiger partial charge >= 0.3 is 0 Å². The highest BCUT2D eigenvalue weighted by Crippen LogP contribution is 2.62. The maximum atomic E-state index is 9.86. The van der Waals surface area contributed by atoms with Gasteiger partial charge in [-0.1, -0.05) is 36.2 Å². The predicted octanol–water partition coefficient (Wildman–Crippen LogP) is 8.73. The highest BCUT2D eigenvalue weighted by molar-refractivity contribution is 8.00. The molecule has 2 aromatic carbocycles.